The molecular weight excluding hydrogens is 426 g/mol. The second-order valence-corrected chi connectivity index (χ2v) is 7.02. The number of benzene rings is 3. The van der Waals surface area contributed by atoms with Crippen LogP contribution in [0.4, 0.5) is 5.82 Å². The van der Waals surface area contributed by atoms with Gasteiger partial charge in [0.2, 0.25) is 0 Å². The van der Waals surface area contributed by atoms with E-state index in [4.69, 9.17) is 33.1 Å². The summed E-state index contributed by atoms with van der Waals surface area (Å²) in [5, 5.41) is 29.6. The van der Waals surface area contributed by atoms with Gasteiger partial charge < -0.3 is 16.2 Å². The number of fused-ring (bicyclic) bond motifs is 1. The summed E-state index contributed by atoms with van der Waals surface area (Å²) in [6.07, 6.45) is 1.52. The van der Waals surface area contributed by atoms with Crippen LogP contribution in [0.3, 0.4) is 0 Å². The van der Waals surface area contributed by atoms with Gasteiger partial charge in [-0.2, -0.15) is 5.26 Å². The lowest BCUT2D eigenvalue weighted by Crippen LogP contribution is -2.21. The van der Waals surface area contributed by atoms with Gasteiger partial charge >= 0.3 is 5.97 Å². The monoisotopic (exact) mass is 443 g/mol. The molecule has 32 heavy (non-hydrogen) atoms. The van der Waals surface area contributed by atoms with E-state index in [1.807, 2.05) is 36.4 Å². The Morgan fingerprint density at radius 2 is 1.75 bits per heavy atom. The van der Waals surface area contributed by atoms with Crippen molar-refractivity contribution < 1.29 is 9.90 Å². The molecule has 0 atom stereocenters. The highest BCUT2D eigenvalue weighted by Gasteiger charge is 2.09. The normalized spacial score (nSPS) is 9.88. The van der Waals surface area contributed by atoms with Crippen molar-refractivity contribution in [3.8, 4) is 17.2 Å². The first-order chi connectivity index (χ1) is 15.4. The molecule has 0 aliphatic heterocycles. The highest BCUT2D eigenvalue weighted by Crippen LogP contribution is 2.32. The molecule has 0 radical (unpaired) electrons. The van der Waals surface area contributed by atoms with Crippen LogP contribution in [0, 0.1) is 16.7 Å². The molecule has 3 aromatic carbocycles. The fourth-order valence-corrected chi connectivity index (χ4v) is 3.18. The fourth-order valence-electron chi connectivity index (χ4n) is 2.96. The van der Waals surface area contributed by atoms with Gasteiger partial charge in [-0.3, -0.25) is 5.41 Å². The number of aromatic nitrogens is 1. The molecule has 7 nitrogen and oxygen atoms in total. The second kappa shape index (κ2) is 10.1. The van der Waals surface area contributed by atoms with E-state index in [0.717, 1.165) is 21.9 Å². The van der Waals surface area contributed by atoms with Crippen molar-refractivity contribution in [1.82, 2.24) is 4.98 Å². The number of carboxylic acids is 1. The zero-order chi connectivity index (χ0) is 23.1. The smallest absolute Gasteiger partial charge is 0.335 e. The first-order valence-electron chi connectivity index (χ1n) is 9.37. The second-order valence-electron chi connectivity index (χ2n) is 6.62. The van der Waals surface area contributed by atoms with Crippen LogP contribution in [0.15, 0.2) is 79.0 Å². The molecule has 0 spiro atoms. The Kier molecular flexibility index (Phi) is 7.01. The molecule has 0 bridgehead atoms. The van der Waals surface area contributed by atoms with Crippen molar-refractivity contribution >= 4 is 40.1 Å². The molecule has 0 fully saturated rings. The maximum Gasteiger partial charge on any atom is 0.335 e. The van der Waals surface area contributed by atoms with Crippen molar-refractivity contribution in [3.63, 3.8) is 0 Å². The molecule has 1 heterocycles. The first-order valence-corrected chi connectivity index (χ1v) is 9.75. The number of hydrogen-bond acceptors (Lipinski definition) is 4. The quantitative estimate of drug-likeness (QED) is 0.256. The number of carbonyl (C=O) groups is 1. The lowest BCUT2D eigenvalue weighted by Gasteiger charge is -2.10. The fraction of sp³-hybridized carbons (Fsp3) is 0. The average molecular weight is 444 g/mol. The largest absolute Gasteiger partial charge is 0.478 e. The zero-order valence-corrected chi connectivity index (χ0v) is 17.5. The summed E-state index contributed by atoms with van der Waals surface area (Å²) >= 11 is 6.19. The number of carboxylic acid groups (broad SMARTS) is 1. The van der Waals surface area contributed by atoms with E-state index in [0.29, 0.717) is 22.0 Å². The molecule has 0 saturated heterocycles. The van der Waals surface area contributed by atoms with Crippen LogP contribution < -0.4 is 11.1 Å². The predicted octanol–water partition coefficient (Wildman–Crippen LogP) is 5.12. The van der Waals surface area contributed by atoms with E-state index >= 15 is 0 Å². The summed E-state index contributed by atoms with van der Waals surface area (Å²) in [7, 11) is 0. The van der Waals surface area contributed by atoms with Crippen LogP contribution in [0.2, 0.25) is 5.02 Å². The highest BCUT2D eigenvalue weighted by atomic mass is 35.5. The third-order valence-corrected chi connectivity index (χ3v) is 4.74. The van der Waals surface area contributed by atoms with Gasteiger partial charge in [0.15, 0.2) is 5.96 Å². The number of nitrogens with two attached hydrogens (primary N) is 1. The lowest BCUT2D eigenvalue weighted by molar-refractivity contribution is 0.0697. The van der Waals surface area contributed by atoms with E-state index in [1.54, 1.807) is 36.4 Å². The molecule has 4 aromatic rings. The number of guanidine groups is 1. The summed E-state index contributed by atoms with van der Waals surface area (Å²) in [4.78, 5) is 14.4. The molecule has 8 heteroatoms. The minimum absolute atomic E-state index is 0.196. The third kappa shape index (κ3) is 5.39. The number of nitrogens with zero attached hydrogens (tertiary/aromatic N) is 2. The van der Waals surface area contributed by atoms with Gasteiger partial charge in [-0.1, -0.05) is 54.1 Å². The molecule has 0 aliphatic rings. The standard InChI is InChI=1S/C17H12ClN5.C7H6O2/c18-15-9-22-16(23-17(20)21)14-7-12(4-5-13(14)15)11-3-1-2-10(6-11)8-19;8-7(9)6-4-2-1-3-5-6/h1-7,9H,(H4,20,21,22,23);1-5H,(H,8,9). The average Bonchev–Trinajstić information content (AvgIpc) is 2.81. The molecule has 0 aliphatic carbocycles. The van der Waals surface area contributed by atoms with E-state index in [9.17, 15) is 4.79 Å². The number of anilines is 1. The number of nitriles is 1. The predicted molar refractivity (Wildman–Crippen MR) is 126 cm³/mol. The molecule has 5 N–H and O–H groups in total. The molecule has 4 rings (SSSR count). The number of nitrogens with one attached hydrogen (secondary N) is 2. The van der Waals surface area contributed by atoms with Gasteiger partial charge in [0.25, 0.3) is 0 Å². The molecular formula is C24H18ClN5O2. The maximum absolute atomic E-state index is 10.2. The Morgan fingerprint density at radius 1 is 1.03 bits per heavy atom. The van der Waals surface area contributed by atoms with E-state index < -0.39 is 5.97 Å². The number of rotatable bonds is 3. The van der Waals surface area contributed by atoms with Gasteiger partial charge in [-0.05, 0) is 41.5 Å². The van der Waals surface area contributed by atoms with E-state index in [1.165, 1.54) is 6.20 Å². The van der Waals surface area contributed by atoms with E-state index in [2.05, 4.69) is 16.4 Å². The Hall–Kier alpha value is -4.41. The van der Waals surface area contributed by atoms with Crippen LogP contribution in [-0.2, 0) is 0 Å². The maximum atomic E-state index is 10.2. The van der Waals surface area contributed by atoms with Crippen molar-refractivity contribution in [3.05, 3.63) is 95.1 Å². The van der Waals surface area contributed by atoms with Crippen molar-refractivity contribution in [2.45, 2.75) is 0 Å². The Labute approximate surface area is 189 Å². The van der Waals surface area contributed by atoms with Crippen molar-refractivity contribution in [2.75, 3.05) is 5.32 Å². The van der Waals surface area contributed by atoms with Crippen LogP contribution in [0.1, 0.15) is 15.9 Å². The Balaban J connectivity index is 0.000000269. The Morgan fingerprint density at radius 3 is 2.38 bits per heavy atom. The van der Waals surface area contributed by atoms with Crippen LogP contribution in [0.5, 0.6) is 0 Å². The number of aromatic carboxylic acids is 1. The van der Waals surface area contributed by atoms with Gasteiger partial charge in [0, 0.05) is 17.0 Å². The zero-order valence-electron chi connectivity index (χ0n) is 16.7. The topological polar surface area (TPSA) is 136 Å². The van der Waals surface area contributed by atoms with Gasteiger partial charge in [-0.15, -0.1) is 0 Å². The molecule has 158 valence electrons. The highest BCUT2D eigenvalue weighted by molar-refractivity contribution is 6.36. The van der Waals surface area contributed by atoms with Crippen LogP contribution in [0.25, 0.3) is 21.9 Å². The van der Waals surface area contributed by atoms with Crippen molar-refractivity contribution in [1.29, 1.82) is 10.7 Å². The summed E-state index contributed by atoms with van der Waals surface area (Å²) in [5.74, 6) is -0.608. The Bertz CT molecular complexity index is 1330. The van der Waals surface area contributed by atoms with Gasteiger partial charge in [0.05, 0.1) is 22.2 Å². The number of hydrogen-bond donors (Lipinski definition) is 4. The van der Waals surface area contributed by atoms with E-state index in [-0.39, 0.29) is 5.96 Å². The van der Waals surface area contributed by atoms with Crippen LogP contribution >= 0.6 is 11.6 Å². The lowest BCUT2D eigenvalue weighted by atomic mass is 10.0. The molecule has 0 unspecified atom stereocenters. The van der Waals surface area contributed by atoms with Crippen LogP contribution in [-0.4, -0.2) is 22.0 Å². The summed E-state index contributed by atoms with van der Waals surface area (Å²) in [6, 6.07) is 23.5. The summed E-state index contributed by atoms with van der Waals surface area (Å²) in [5.41, 5.74) is 8.16. The first kappa shape index (κ1) is 22.3. The summed E-state index contributed by atoms with van der Waals surface area (Å²) < 4.78 is 0. The van der Waals surface area contributed by atoms with Gasteiger partial charge in [-0.25, -0.2) is 9.78 Å². The van der Waals surface area contributed by atoms with Gasteiger partial charge in [0.1, 0.15) is 5.82 Å². The van der Waals surface area contributed by atoms with Crippen molar-refractivity contribution in [2.24, 2.45) is 5.73 Å². The molecule has 0 saturated carbocycles. The molecule has 0 amide bonds. The third-order valence-electron chi connectivity index (χ3n) is 4.44. The number of halogens is 1. The minimum atomic E-state index is -0.879. The summed E-state index contributed by atoms with van der Waals surface area (Å²) in [6.45, 7) is 0. The molecule has 1 aromatic heterocycles. The number of pyridine rings is 1. The minimum Gasteiger partial charge on any atom is -0.478 e. The SMILES string of the molecule is N#Cc1cccc(-c2ccc3c(Cl)cnc(NC(=N)N)c3c2)c1.O=C(O)c1ccccc1.